The molecule has 0 spiro atoms. The summed E-state index contributed by atoms with van der Waals surface area (Å²) in [5, 5.41) is 16.3. The fourth-order valence-corrected chi connectivity index (χ4v) is 3.47. The molecule has 150 valence electrons. The summed E-state index contributed by atoms with van der Waals surface area (Å²) in [5.74, 6) is 1.32. The van der Waals surface area contributed by atoms with E-state index >= 15 is 0 Å². The second-order valence-electron chi connectivity index (χ2n) is 8.00. The molecule has 4 rings (SSSR count). The highest BCUT2D eigenvalue weighted by Crippen LogP contribution is 2.30. The van der Waals surface area contributed by atoms with Crippen molar-refractivity contribution in [1.82, 2.24) is 15.1 Å². The van der Waals surface area contributed by atoms with Crippen LogP contribution < -0.4 is 5.32 Å². The Hall–Kier alpha value is -3.22. The van der Waals surface area contributed by atoms with Crippen LogP contribution in [0.25, 0.3) is 22.8 Å². The number of aliphatic carboxylic acids is 1. The highest BCUT2D eigenvalue weighted by atomic mass is 16.5. The van der Waals surface area contributed by atoms with E-state index in [4.69, 9.17) is 9.63 Å². The number of carboxylic acids is 1. The van der Waals surface area contributed by atoms with Crippen molar-refractivity contribution in [3.8, 4) is 22.8 Å². The van der Waals surface area contributed by atoms with Gasteiger partial charge in [-0.1, -0.05) is 31.1 Å². The van der Waals surface area contributed by atoms with Gasteiger partial charge in [-0.25, -0.2) is 4.98 Å². The van der Waals surface area contributed by atoms with Gasteiger partial charge >= 0.3 is 5.97 Å². The summed E-state index contributed by atoms with van der Waals surface area (Å²) in [6, 6.07) is 12.1. The van der Waals surface area contributed by atoms with Crippen molar-refractivity contribution in [3.05, 3.63) is 48.2 Å². The van der Waals surface area contributed by atoms with Gasteiger partial charge in [0.2, 0.25) is 5.82 Å². The standard InChI is InChI=1S/C22H24N4O3/c1-13(2)9-14-3-5-15(6-4-14)21-25-20(26-29-21)16-7-8-19(23-12-16)24-18-10-17(11-18)22(27)28/h3-8,12-13,17-18H,9-11H2,1-2H3,(H,23,24)(H,27,28)/t17-,18+. The summed E-state index contributed by atoms with van der Waals surface area (Å²) < 4.78 is 5.42. The summed E-state index contributed by atoms with van der Waals surface area (Å²) in [7, 11) is 0. The molecule has 1 aliphatic carbocycles. The van der Waals surface area contributed by atoms with Crippen LogP contribution in [0.1, 0.15) is 32.3 Å². The van der Waals surface area contributed by atoms with Gasteiger partial charge in [-0.3, -0.25) is 4.79 Å². The maximum atomic E-state index is 10.9. The van der Waals surface area contributed by atoms with Crippen LogP contribution in [0.5, 0.6) is 0 Å². The molecule has 0 saturated heterocycles. The fraction of sp³-hybridized carbons (Fsp3) is 0.364. The minimum Gasteiger partial charge on any atom is -0.481 e. The molecule has 0 radical (unpaired) electrons. The van der Waals surface area contributed by atoms with Crippen molar-refractivity contribution in [2.75, 3.05) is 5.32 Å². The van der Waals surface area contributed by atoms with Crippen molar-refractivity contribution in [1.29, 1.82) is 0 Å². The van der Waals surface area contributed by atoms with E-state index < -0.39 is 5.97 Å². The molecular weight excluding hydrogens is 368 g/mol. The van der Waals surface area contributed by atoms with Crippen molar-refractivity contribution in [3.63, 3.8) is 0 Å². The van der Waals surface area contributed by atoms with Gasteiger partial charge in [0.25, 0.3) is 5.89 Å². The second kappa shape index (κ2) is 8.03. The number of nitrogens with zero attached hydrogens (tertiary/aromatic N) is 3. The molecule has 0 bridgehead atoms. The van der Waals surface area contributed by atoms with E-state index in [9.17, 15) is 4.79 Å². The Morgan fingerprint density at radius 1 is 1.17 bits per heavy atom. The lowest BCUT2D eigenvalue weighted by molar-refractivity contribution is -0.144. The van der Waals surface area contributed by atoms with Crippen LogP contribution in [-0.2, 0) is 11.2 Å². The molecular formula is C22H24N4O3. The smallest absolute Gasteiger partial charge is 0.306 e. The first-order valence-corrected chi connectivity index (χ1v) is 9.86. The Bertz CT molecular complexity index is 974. The van der Waals surface area contributed by atoms with Crippen LogP contribution in [0.4, 0.5) is 5.82 Å². The van der Waals surface area contributed by atoms with Gasteiger partial charge in [-0.15, -0.1) is 0 Å². The molecule has 29 heavy (non-hydrogen) atoms. The highest BCUT2D eigenvalue weighted by molar-refractivity contribution is 5.71. The van der Waals surface area contributed by atoms with E-state index in [0.717, 1.165) is 17.5 Å². The number of carboxylic acid groups (broad SMARTS) is 1. The number of nitrogens with one attached hydrogen (secondary N) is 1. The van der Waals surface area contributed by atoms with Crippen molar-refractivity contribution in [2.24, 2.45) is 11.8 Å². The van der Waals surface area contributed by atoms with Gasteiger partial charge in [-0.2, -0.15) is 4.98 Å². The maximum Gasteiger partial charge on any atom is 0.306 e. The fourth-order valence-electron chi connectivity index (χ4n) is 3.47. The molecule has 0 aliphatic heterocycles. The van der Waals surface area contributed by atoms with Crippen LogP contribution in [0, 0.1) is 11.8 Å². The molecule has 1 aromatic carbocycles. The normalized spacial score (nSPS) is 18.4. The van der Waals surface area contributed by atoms with Crippen LogP contribution >= 0.6 is 0 Å². The number of hydrogen-bond donors (Lipinski definition) is 2. The van der Waals surface area contributed by atoms with Gasteiger partial charge in [0.1, 0.15) is 5.82 Å². The molecule has 3 aromatic rings. The molecule has 0 atom stereocenters. The van der Waals surface area contributed by atoms with Crippen LogP contribution in [0.15, 0.2) is 47.1 Å². The first-order chi connectivity index (χ1) is 14.0. The topological polar surface area (TPSA) is 101 Å². The molecule has 2 heterocycles. The lowest BCUT2D eigenvalue weighted by atomic mass is 9.80. The van der Waals surface area contributed by atoms with Gasteiger partial charge in [-0.05, 0) is 55.0 Å². The predicted molar refractivity (Wildman–Crippen MR) is 109 cm³/mol. The number of carbonyl (C=O) groups is 1. The molecule has 7 heteroatoms. The SMILES string of the molecule is CC(C)Cc1ccc(-c2nc(-c3ccc(N[C@H]4C[C@@H](C(=O)O)C4)nc3)no2)cc1. The molecule has 2 aromatic heterocycles. The molecule has 1 aliphatic rings. The van der Waals surface area contributed by atoms with Gasteiger partial charge in [0.05, 0.1) is 5.92 Å². The largest absolute Gasteiger partial charge is 0.481 e. The van der Waals surface area contributed by atoms with E-state index in [-0.39, 0.29) is 12.0 Å². The number of anilines is 1. The minimum atomic E-state index is -0.728. The van der Waals surface area contributed by atoms with Crippen LogP contribution in [0.3, 0.4) is 0 Å². The Kier molecular flexibility index (Phi) is 5.29. The second-order valence-corrected chi connectivity index (χ2v) is 8.00. The van der Waals surface area contributed by atoms with E-state index in [1.54, 1.807) is 6.20 Å². The quantitative estimate of drug-likeness (QED) is 0.619. The highest BCUT2D eigenvalue weighted by Gasteiger charge is 2.34. The van der Waals surface area contributed by atoms with E-state index in [2.05, 4.69) is 46.4 Å². The third-order valence-electron chi connectivity index (χ3n) is 5.13. The Labute approximate surface area is 169 Å². The number of aromatic nitrogens is 3. The zero-order chi connectivity index (χ0) is 20.4. The maximum absolute atomic E-state index is 10.9. The molecule has 2 N–H and O–H groups in total. The number of rotatable bonds is 7. The Morgan fingerprint density at radius 2 is 1.90 bits per heavy atom. The van der Waals surface area contributed by atoms with Gasteiger partial charge < -0.3 is 14.9 Å². The minimum absolute atomic E-state index is 0.157. The monoisotopic (exact) mass is 392 g/mol. The summed E-state index contributed by atoms with van der Waals surface area (Å²) in [6.07, 6.45) is 3.99. The van der Waals surface area contributed by atoms with E-state index in [1.807, 2.05) is 24.3 Å². The van der Waals surface area contributed by atoms with Crippen LogP contribution in [-0.4, -0.2) is 32.2 Å². The molecule has 7 nitrogen and oxygen atoms in total. The van der Waals surface area contributed by atoms with Crippen molar-refractivity contribution < 1.29 is 14.4 Å². The van der Waals surface area contributed by atoms with Crippen molar-refractivity contribution in [2.45, 2.75) is 39.2 Å². The summed E-state index contributed by atoms with van der Waals surface area (Å²) in [4.78, 5) is 19.8. The lowest BCUT2D eigenvalue weighted by Crippen LogP contribution is -2.39. The third-order valence-corrected chi connectivity index (χ3v) is 5.13. The summed E-state index contributed by atoms with van der Waals surface area (Å²) in [5.41, 5.74) is 2.94. The van der Waals surface area contributed by atoms with Crippen molar-refractivity contribution >= 4 is 11.8 Å². The average Bonchev–Trinajstić information content (AvgIpc) is 3.15. The summed E-state index contributed by atoms with van der Waals surface area (Å²) in [6.45, 7) is 4.40. The molecule has 1 saturated carbocycles. The van der Waals surface area contributed by atoms with Crippen LogP contribution in [0.2, 0.25) is 0 Å². The van der Waals surface area contributed by atoms with Gasteiger partial charge in [0, 0.05) is 23.4 Å². The number of pyridine rings is 1. The lowest BCUT2D eigenvalue weighted by Gasteiger charge is -2.33. The Balaban J connectivity index is 1.39. The number of hydrogen-bond acceptors (Lipinski definition) is 6. The molecule has 1 fully saturated rings. The van der Waals surface area contributed by atoms with E-state index in [1.165, 1.54) is 5.56 Å². The van der Waals surface area contributed by atoms with Gasteiger partial charge in [0.15, 0.2) is 0 Å². The first kappa shape index (κ1) is 19.1. The van der Waals surface area contributed by atoms with E-state index in [0.29, 0.717) is 36.3 Å². The zero-order valence-corrected chi connectivity index (χ0v) is 16.5. The third kappa shape index (κ3) is 4.45. The average molecular weight is 392 g/mol. The number of benzene rings is 1. The first-order valence-electron chi connectivity index (χ1n) is 9.86. The zero-order valence-electron chi connectivity index (χ0n) is 16.5. The Morgan fingerprint density at radius 3 is 2.52 bits per heavy atom. The molecule has 0 unspecified atom stereocenters. The molecule has 0 amide bonds. The summed E-state index contributed by atoms with van der Waals surface area (Å²) >= 11 is 0. The predicted octanol–water partition coefficient (Wildman–Crippen LogP) is 4.27.